The summed E-state index contributed by atoms with van der Waals surface area (Å²) >= 11 is 1.30. The van der Waals surface area contributed by atoms with Gasteiger partial charge in [0.1, 0.15) is 5.75 Å². The predicted molar refractivity (Wildman–Crippen MR) is 132 cm³/mol. The Bertz CT molecular complexity index is 1090. The lowest BCUT2D eigenvalue weighted by molar-refractivity contribution is -0.127. The molecular weight excluding hydrogens is 450 g/mol. The van der Waals surface area contributed by atoms with Gasteiger partial charge in [0, 0.05) is 7.05 Å². The number of nitrogens with zero attached hydrogens (tertiary/aromatic N) is 3. The Morgan fingerprint density at radius 2 is 1.76 bits per heavy atom. The second-order valence-corrected chi connectivity index (χ2v) is 8.86. The summed E-state index contributed by atoms with van der Waals surface area (Å²) in [6.45, 7) is 5.95. The van der Waals surface area contributed by atoms with Crippen LogP contribution >= 0.6 is 11.8 Å². The summed E-state index contributed by atoms with van der Waals surface area (Å²) in [6.07, 6.45) is 0.302. The van der Waals surface area contributed by atoms with Gasteiger partial charge in [-0.2, -0.15) is 0 Å². The predicted octanol–water partition coefficient (Wildman–Crippen LogP) is 3.43. The Labute approximate surface area is 204 Å². The molecule has 0 aliphatic heterocycles. The molecule has 3 aromatic rings. The van der Waals surface area contributed by atoms with E-state index in [1.807, 2.05) is 68.6 Å². The van der Waals surface area contributed by atoms with Crippen LogP contribution in [-0.2, 0) is 29.6 Å². The van der Waals surface area contributed by atoms with E-state index >= 15 is 0 Å². The van der Waals surface area contributed by atoms with Crippen molar-refractivity contribution in [1.29, 1.82) is 0 Å². The highest BCUT2D eigenvalue weighted by Gasteiger charge is 2.17. The molecule has 0 saturated carbocycles. The van der Waals surface area contributed by atoms with Gasteiger partial charge in [-0.1, -0.05) is 61.2 Å². The summed E-state index contributed by atoms with van der Waals surface area (Å²) in [7, 11) is 1.81. The van der Waals surface area contributed by atoms with Gasteiger partial charge >= 0.3 is 0 Å². The van der Waals surface area contributed by atoms with Crippen molar-refractivity contribution in [2.24, 2.45) is 7.05 Å². The molecule has 9 heteroatoms. The first-order valence-corrected chi connectivity index (χ1v) is 12.2. The fourth-order valence-electron chi connectivity index (χ4n) is 3.23. The Kier molecular flexibility index (Phi) is 9.09. The van der Waals surface area contributed by atoms with E-state index in [1.54, 1.807) is 11.5 Å². The van der Waals surface area contributed by atoms with Crippen LogP contribution in [0.15, 0.2) is 59.8 Å². The maximum Gasteiger partial charge on any atom is 0.261 e. The van der Waals surface area contributed by atoms with Crippen molar-refractivity contribution in [2.75, 3.05) is 5.75 Å². The van der Waals surface area contributed by atoms with E-state index in [2.05, 4.69) is 27.8 Å². The third-order valence-corrected chi connectivity index (χ3v) is 6.39. The Balaban J connectivity index is 1.45. The van der Waals surface area contributed by atoms with Crippen molar-refractivity contribution in [2.45, 2.75) is 51.0 Å². The normalized spacial score (nSPS) is 12.6. The molecule has 0 aliphatic rings. The lowest BCUT2D eigenvalue weighted by Gasteiger charge is -2.15. The standard InChI is InChI=1S/C25H31N5O3S/c1-5-19-11-13-21(14-12-19)33-18(3)24(32)26-15-22-28-29-25(30(22)4)34-16-23(31)27-17(2)20-9-7-6-8-10-20/h6-14,17-18H,5,15-16H2,1-4H3,(H,26,32)(H,27,31)/t17-,18+/m0/s1. The zero-order valence-electron chi connectivity index (χ0n) is 19.9. The number of aryl methyl sites for hydroxylation is 1. The molecule has 0 spiro atoms. The fraction of sp³-hybridized carbons (Fsp3) is 0.360. The number of carbonyl (C=O) groups excluding carboxylic acids is 2. The minimum Gasteiger partial charge on any atom is -0.481 e. The van der Waals surface area contributed by atoms with E-state index in [1.165, 1.54) is 17.3 Å². The maximum atomic E-state index is 12.4. The second-order valence-electron chi connectivity index (χ2n) is 7.92. The van der Waals surface area contributed by atoms with Crippen LogP contribution in [0.1, 0.15) is 43.8 Å². The van der Waals surface area contributed by atoms with Crippen molar-refractivity contribution in [3.05, 3.63) is 71.5 Å². The van der Waals surface area contributed by atoms with Crippen molar-refractivity contribution < 1.29 is 14.3 Å². The molecule has 0 unspecified atom stereocenters. The molecule has 1 aromatic heterocycles. The third-order valence-electron chi connectivity index (χ3n) is 5.37. The largest absolute Gasteiger partial charge is 0.481 e. The molecule has 3 rings (SSSR count). The number of thioether (sulfide) groups is 1. The molecule has 180 valence electrons. The van der Waals surface area contributed by atoms with Gasteiger partial charge in [0.15, 0.2) is 17.1 Å². The molecule has 0 saturated heterocycles. The number of ether oxygens (including phenoxy) is 1. The van der Waals surface area contributed by atoms with E-state index in [0.29, 0.717) is 16.7 Å². The molecule has 1 heterocycles. The van der Waals surface area contributed by atoms with Gasteiger partial charge in [0.25, 0.3) is 5.91 Å². The van der Waals surface area contributed by atoms with Gasteiger partial charge < -0.3 is 19.9 Å². The van der Waals surface area contributed by atoms with E-state index in [9.17, 15) is 9.59 Å². The van der Waals surface area contributed by atoms with Crippen LogP contribution in [0.25, 0.3) is 0 Å². The summed E-state index contributed by atoms with van der Waals surface area (Å²) in [5.74, 6) is 1.13. The van der Waals surface area contributed by atoms with Crippen LogP contribution in [-0.4, -0.2) is 38.4 Å². The zero-order valence-corrected chi connectivity index (χ0v) is 20.8. The highest BCUT2D eigenvalue weighted by molar-refractivity contribution is 7.99. The highest BCUT2D eigenvalue weighted by Crippen LogP contribution is 2.17. The maximum absolute atomic E-state index is 12.4. The third kappa shape index (κ3) is 7.08. The van der Waals surface area contributed by atoms with Crippen LogP contribution in [0.5, 0.6) is 5.75 Å². The molecule has 2 atom stereocenters. The Morgan fingerprint density at radius 1 is 1.06 bits per heavy atom. The smallest absolute Gasteiger partial charge is 0.261 e. The number of nitrogens with one attached hydrogen (secondary N) is 2. The topological polar surface area (TPSA) is 98.1 Å². The number of amides is 2. The van der Waals surface area contributed by atoms with E-state index < -0.39 is 6.10 Å². The van der Waals surface area contributed by atoms with Crippen LogP contribution < -0.4 is 15.4 Å². The first-order chi connectivity index (χ1) is 16.4. The lowest BCUT2D eigenvalue weighted by atomic mass is 10.1. The highest BCUT2D eigenvalue weighted by atomic mass is 32.2. The minimum absolute atomic E-state index is 0.0756. The van der Waals surface area contributed by atoms with E-state index in [0.717, 1.165) is 12.0 Å². The van der Waals surface area contributed by atoms with E-state index in [4.69, 9.17) is 4.74 Å². The monoisotopic (exact) mass is 481 g/mol. The molecule has 2 amide bonds. The van der Waals surface area contributed by atoms with Crippen molar-refractivity contribution >= 4 is 23.6 Å². The number of carbonyl (C=O) groups is 2. The van der Waals surface area contributed by atoms with Gasteiger partial charge in [-0.05, 0) is 43.5 Å². The molecule has 8 nitrogen and oxygen atoms in total. The summed E-state index contributed by atoms with van der Waals surface area (Å²) in [4.78, 5) is 24.8. The van der Waals surface area contributed by atoms with Crippen molar-refractivity contribution in [1.82, 2.24) is 25.4 Å². The van der Waals surface area contributed by atoms with Gasteiger partial charge in [-0.3, -0.25) is 9.59 Å². The molecule has 0 fully saturated rings. The molecule has 0 radical (unpaired) electrons. The van der Waals surface area contributed by atoms with Crippen molar-refractivity contribution in [3.63, 3.8) is 0 Å². The average Bonchev–Trinajstić information content (AvgIpc) is 3.21. The quantitative estimate of drug-likeness (QED) is 0.407. The number of aromatic nitrogens is 3. The fourth-order valence-corrected chi connectivity index (χ4v) is 3.98. The minimum atomic E-state index is -0.648. The molecular formula is C25H31N5O3S. The average molecular weight is 482 g/mol. The Morgan fingerprint density at radius 3 is 2.44 bits per heavy atom. The number of rotatable bonds is 11. The van der Waals surface area contributed by atoms with Crippen LogP contribution in [0.4, 0.5) is 0 Å². The van der Waals surface area contributed by atoms with Crippen molar-refractivity contribution in [3.8, 4) is 5.75 Å². The van der Waals surface area contributed by atoms with E-state index in [-0.39, 0.29) is 30.2 Å². The molecule has 34 heavy (non-hydrogen) atoms. The van der Waals surface area contributed by atoms with Gasteiger partial charge in [-0.15, -0.1) is 10.2 Å². The summed E-state index contributed by atoms with van der Waals surface area (Å²) < 4.78 is 7.50. The number of hydrogen-bond donors (Lipinski definition) is 2. The number of hydrogen-bond acceptors (Lipinski definition) is 6. The first-order valence-electron chi connectivity index (χ1n) is 11.3. The molecule has 0 bridgehead atoms. The van der Waals surface area contributed by atoms with Gasteiger partial charge in [0.2, 0.25) is 5.91 Å². The van der Waals surface area contributed by atoms with Crippen LogP contribution in [0.3, 0.4) is 0 Å². The summed E-state index contributed by atoms with van der Waals surface area (Å²) in [5.41, 5.74) is 2.26. The molecule has 2 aromatic carbocycles. The summed E-state index contributed by atoms with van der Waals surface area (Å²) in [5, 5.41) is 14.7. The second kappa shape index (κ2) is 12.2. The van der Waals surface area contributed by atoms with Gasteiger partial charge in [-0.25, -0.2) is 0 Å². The SMILES string of the molecule is CCc1ccc(O[C@H](C)C(=O)NCc2nnc(SCC(=O)N[C@@H](C)c3ccccc3)n2C)cc1. The Hall–Kier alpha value is -3.33. The molecule has 0 aliphatic carbocycles. The zero-order chi connectivity index (χ0) is 24.5. The lowest BCUT2D eigenvalue weighted by Crippen LogP contribution is -2.36. The first kappa shape index (κ1) is 25.3. The summed E-state index contributed by atoms with van der Waals surface area (Å²) in [6, 6.07) is 17.4. The van der Waals surface area contributed by atoms with Crippen LogP contribution in [0.2, 0.25) is 0 Å². The van der Waals surface area contributed by atoms with Crippen LogP contribution in [0, 0.1) is 0 Å². The number of benzene rings is 2. The van der Waals surface area contributed by atoms with Gasteiger partial charge in [0.05, 0.1) is 18.3 Å². The molecule has 2 N–H and O–H groups in total.